The highest BCUT2D eigenvalue weighted by Crippen LogP contribution is 2.35. The van der Waals surface area contributed by atoms with Crippen molar-refractivity contribution in [1.29, 1.82) is 0 Å². The third-order valence-electron chi connectivity index (χ3n) is 7.56. The number of hydrogen-bond acceptors (Lipinski definition) is 8. The van der Waals surface area contributed by atoms with Gasteiger partial charge in [0.15, 0.2) is 5.82 Å². The second-order valence-corrected chi connectivity index (χ2v) is 10.9. The van der Waals surface area contributed by atoms with Crippen LogP contribution in [0.2, 0.25) is 0 Å². The van der Waals surface area contributed by atoms with Gasteiger partial charge >= 0.3 is 5.69 Å². The molecular weight excluding hydrogens is 510 g/mol. The molecule has 1 aliphatic rings. The predicted octanol–water partition coefficient (Wildman–Crippen LogP) is 5.36. The summed E-state index contributed by atoms with van der Waals surface area (Å²) in [6.45, 7) is 16.0. The van der Waals surface area contributed by atoms with E-state index in [1.54, 1.807) is 36.7 Å². The Morgan fingerprint density at radius 1 is 1.15 bits per heavy atom. The lowest BCUT2D eigenvalue weighted by atomic mass is 9.96. The van der Waals surface area contributed by atoms with Crippen LogP contribution in [0.1, 0.15) is 50.2 Å². The van der Waals surface area contributed by atoms with Crippen LogP contribution in [0, 0.1) is 6.57 Å². The number of piperazine rings is 1. The fraction of sp³-hybridized carbons (Fsp3) is 0.414. The molecule has 1 aromatic carbocycles. The zero-order chi connectivity index (χ0) is 27.5. The van der Waals surface area contributed by atoms with Gasteiger partial charge in [0.1, 0.15) is 17.4 Å². The molecule has 3 atom stereocenters. The van der Waals surface area contributed by atoms with Gasteiger partial charge in [0, 0.05) is 49.8 Å². The van der Waals surface area contributed by atoms with Crippen molar-refractivity contribution in [1.82, 2.24) is 24.4 Å². The van der Waals surface area contributed by atoms with Gasteiger partial charge in [0.05, 0.1) is 5.52 Å². The molecule has 0 radical (unpaired) electrons. The van der Waals surface area contributed by atoms with E-state index in [1.165, 1.54) is 10.1 Å². The van der Waals surface area contributed by atoms with Crippen molar-refractivity contribution in [2.24, 2.45) is 7.05 Å². The van der Waals surface area contributed by atoms with Crippen molar-refractivity contribution in [2.45, 2.75) is 58.3 Å². The van der Waals surface area contributed by atoms with Gasteiger partial charge in [-0.2, -0.15) is 4.98 Å². The lowest BCUT2D eigenvalue weighted by Crippen LogP contribution is -2.58. The van der Waals surface area contributed by atoms with Crippen molar-refractivity contribution in [3.63, 3.8) is 0 Å². The molecule has 0 saturated carbocycles. The number of rotatable bonds is 8. The van der Waals surface area contributed by atoms with Gasteiger partial charge in [-0.25, -0.2) is 9.78 Å². The third-order valence-corrected chi connectivity index (χ3v) is 8.31. The summed E-state index contributed by atoms with van der Waals surface area (Å²) in [7, 11) is 1.69. The third kappa shape index (κ3) is 5.37. The lowest BCUT2D eigenvalue weighted by molar-refractivity contribution is 0.0939. The molecule has 4 aromatic rings. The largest absolute Gasteiger partial charge is 0.486 e. The number of pyridine rings is 1. The van der Waals surface area contributed by atoms with E-state index < -0.39 is 0 Å². The Morgan fingerprint density at radius 2 is 1.95 bits per heavy atom. The maximum Gasteiger partial charge on any atom is 0.350 e. The molecule has 5 rings (SSSR count). The van der Waals surface area contributed by atoms with E-state index in [9.17, 15) is 4.79 Å². The Bertz CT molecular complexity index is 1530. The van der Waals surface area contributed by atoms with Gasteiger partial charge in [-0.15, -0.1) is 16.3 Å². The molecule has 4 heterocycles. The number of aromatic nitrogens is 4. The van der Waals surface area contributed by atoms with Gasteiger partial charge in [0.2, 0.25) is 5.52 Å². The van der Waals surface area contributed by atoms with Crippen molar-refractivity contribution in [2.75, 3.05) is 18.0 Å². The summed E-state index contributed by atoms with van der Waals surface area (Å²) in [6.07, 6.45) is 3.73. The van der Waals surface area contributed by atoms with E-state index in [4.69, 9.17) is 11.3 Å². The van der Waals surface area contributed by atoms with Crippen LogP contribution in [-0.2, 0) is 13.7 Å². The van der Waals surface area contributed by atoms with Crippen molar-refractivity contribution in [3.8, 4) is 5.75 Å². The molecule has 0 amide bonds. The van der Waals surface area contributed by atoms with Gasteiger partial charge in [-0.05, 0) is 49.6 Å². The van der Waals surface area contributed by atoms with Gasteiger partial charge < -0.3 is 14.5 Å². The molecule has 3 aromatic heterocycles. The molecule has 202 valence electrons. The zero-order valence-corrected chi connectivity index (χ0v) is 23.6. The number of nitrogens with zero attached hydrogens (tertiary/aromatic N) is 7. The summed E-state index contributed by atoms with van der Waals surface area (Å²) in [5.74, 6) is 1.70. The molecule has 1 unspecified atom stereocenters. The maximum atomic E-state index is 12.8. The minimum Gasteiger partial charge on any atom is -0.486 e. The Labute approximate surface area is 232 Å². The van der Waals surface area contributed by atoms with Crippen LogP contribution in [0.25, 0.3) is 15.9 Å². The summed E-state index contributed by atoms with van der Waals surface area (Å²) < 4.78 is 7.42. The van der Waals surface area contributed by atoms with E-state index in [-0.39, 0.29) is 23.8 Å². The second kappa shape index (κ2) is 11.5. The highest BCUT2D eigenvalue weighted by molar-refractivity contribution is 7.09. The molecule has 1 aliphatic heterocycles. The van der Waals surface area contributed by atoms with Crippen LogP contribution >= 0.6 is 11.3 Å². The Morgan fingerprint density at radius 3 is 2.62 bits per heavy atom. The van der Waals surface area contributed by atoms with Gasteiger partial charge in [-0.3, -0.25) is 9.47 Å². The number of thiazole rings is 1. The first kappa shape index (κ1) is 26.8. The number of fused-ring (bicyclic) bond motifs is 1. The SMILES string of the molecule is [C-]#[N+]c1ccc2c(n1)c(N1C[C@@H](CC)N(C(CC)c3ccc(OCc4nccs4)cc3)C[C@@H]1C)nc(=O)n2C. The Kier molecular flexibility index (Phi) is 7.91. The Balaban J connectivity index is 1.39. The van der Waals surface area contributed by atoms with Crippen molar-refractivity contribution >= 4 is 34.0 Å². The van der Waals surface area contributed by atoms with E-state index in [0.29, 0.717) is 29.3 Å². The van der Waals surface area contributed by atoms with Crippen LogP contribution in [0.15, 0.2) is 52.8 Å². The van der Waals surface area contributed by atoms with Crippen molar-refractivity contribution < 1.29 is 4.74 Å². The summed E-state index contributed by atoms with van der Waals surface area (Å²) in [6, 6.07) is 12.5. The van der Waals surface area contributed by atoms with Crippen LogP contribution < -0.4 is 15.3 Å². The maximum absolute atomic E-state index is 12.8. The molecule has 0 bridgehead atoms. The van der Waals surface area contributed by atoms with E-state index in [2.05, 4.69) is 62.5 Å². The minimum absolute atomic E-state index is 0.101. The van der Waals surface area contributed by atoms with Gasteiger partial charge in [-0.1, -0.05) is 32.6 Å². The predicted molar refractivity (Wildman–Crippen MR) is 155 cm³/mol. The lowest BCUT2D eigenvalue weighted by Gasteiger charge is -2.48. The molecule has 1 saturated heterocycles. The molecule has 0 N–H and O–H groups in total. The Hall–Kier alpha value is -3.81. The average molecular weight is 544 g/mol. The fourth-order valence-electron chi connectivity index (χ4n) is 5.48. The molecule has 10 heteroatoms. The molecule has 0 spiro atoms. The molecule has 39 heavy (non-hydrogen) atoms. The van der Waals surface area contributed by atoms with E-state index in [0.717, 1.165) is 36.7 Å². The number of ether oxygens (including phenoxy) is 1. The summed E-state index contributed by atoms with van der Waals surface area (Å²) in [5.41, 5.74) is 2.23. The van der Waals surface area contributed by atoms with E-state index in [1.807, 2.05) is 17.5 Å². The number of benzene rings is 1. The van der Waals surface area contributed by atoms with Crippen LogP contribution in [0.3, 0.4) is 0 Å². The smallest absolute Gasteiger partial charge is 0.350 e. The standard InChI is InChI=1S/C29H33N7O2S/c1-6-21-17-35(28-27-24(34(5)29(37)33-28)12-13-25(30-4)32-27)19(3)16-36(21)23(7-2)20-8-10-22(11-9-20)38-18-26-31-14-15-39-26/h8-15,19,21,23H,6-7,16-18H2,1-3,5H3/t19-,21+,23?/m0/s1. The molecule has 9 nitrogen and oxygen atoms in total. The quantitative estimate of drug-likeness (QED) is 0.277. The first-order valence-electron chi connectivity index (χ1n) is 13.3. The molecule has 1 fully saturated rings. The van der Waals surface area contributed by atoms with Crippen LogP contribution in [0.5, 0.6) is 5.75 Å². The van der Waals surface area contributed by atoms with Gasteiger partial charge in [0.25, 0.3) is 5.82 Å². The van der Waals surface area contributed by atoms with Crippen molar-refractivity contribution in [3.05, 3.63) is 80.4 Å². The van der Waals surface area contributed by atoms with E-state index >= 15 is 0 Å². The van der Waals surface area contributed by atoms with Crippen LogP contribution in [0.4, 0.5) is 11.6 Å². The highest BCUT2D eigenvalue weighted by atomic mass is 32.1. The number of anilines is 1. The number of aryl methyl sites for hydroxylation is 1. The summed E-state index contributed by atoms with van der Waals surface area (Å²) >= 11 is 1.59. The normalized spacial score (nSPS) is 18.7. The zero-order valence-electron chi connectivity index (χ0n) is 22.7. The summed E-state index contributed by atoms with van der Waals surface area (Å²) in [5, 5.41) is 2.91. The first-order chi connectivity index (χ1) is 18.9. The monoisotopic (exact) mass is 543 g/mol. The molecular formula is C29H33N7O2S. The topological polar surface area (TPSA) is 80.7 Å². The highest BCUT2D eigenvalue weighted by Gasteiger charge is 2.37. The number of hydrogen-bond donors (Lipinski definition) is 0. The first-order valence-corrected chi connectivity index (χ1v) is 14.2. The van der Waals surface area contributed by atoms with Crippen LogP contribution in [-0.4, -0.2) is 49.6 Å². The minimum atomic E-state index is -0.318. The summed E-state index contributed by atoms with van der Waals surface area (Å²) in [4.78, 5) is 34.4. The molecule has 0 aliphatic carbocycles. The average Bonchev–Trinajstić information content (AvgIpc) is 3.49. The fourth-order valence-corrected chi connectivity index (χ4v) is 6.01. The second-order valence-electron chi connectivity index (χ2n) is 9.89.